The van der Waals surface area contributed by atoms with E-state index in [0.717, 1.165) is 30.1 Å². The molecule has 0 bridgehead atoms. The highest BCUT2D eigenvalue weighted by atomic mass is 16.6. The number of rotatable bonds is 2. The minimum atomic E-state index is -0.471. The van der Waals surface area contributed by atoms with E-state index < -0.39 is 5.60 Å². The molecule has 1 saturated heterocycles. The van der Waals surface area contributed by atoms with Gasteiger partial charge in [-0.3, -0.25) is 0 Å². The molecule has 1 aliphatic rings. The van der Waals surface area contributed by atoms with Gasteiger partial charge >= 0.3 is 6.09 Å². The van der Waals surface area contributed by atoms with Crippen LogP contribution >= 0.6 is 0 Å². The lowest BCUT2D eigenvalue weighted by atomic mass is 10.1. The average molecular weight is 358 g/mol. The SMILES string of the molecule is COc1ccc(C#CC(C)C)cc1N1CCN(C(=O)OC(C)(C)C)CC1. The molecule has 0 radical (unpaired) electrons. The molecule has 2 rings (SSSR count). The summed E-state index contributed by atoms with van der Waals surface area (Å²) < 4.78 is 11.0. The molecule has 1 heterocycles. The summed E-state index contributed by atoms with van der Waals surface area (Å²) >= 11 is 0. The number of methoxy groups -OCH3 is 1. The number of anilines is 1. The Morgan fingerprint density at radius 2 is 1.81 bits per heavy atom. The lowest BCUT2D eigenvalue weighted by Crippen LogP contribution is -2.50. The molecule has 1 amide bonds. The van der Waals surface area contributed by atoms with Crippen molar-refractivity contribution in [3.8, 4) is 17.6 Å². The zero-order chi connectivity index (χ0) is 19.3. The Morgan fingerprint density at radius 1 is 1.15 bits per heavy atom. The van der Waals surface area contributed by atoms with Gasteiger partial charge in [0.05, 0.1) is 12.8 Å². The van der Waals surface area contributed by atoms with Crippen LogP contribution in [0.2, 0.25) is 0 Å². The Labute approximate surface area is 157 Å². The van der Waals surface area contributed by atoms with Gasteiger partial charge < -0.3 is 19.3 Å². The van der Waals surface area contributed by atoms with Crippen molar-refractivity contribution in [1.82, 2.24) is 4.90 Å². The second kappa shape index (κ2) is 8.35. The molecule has 1 aromatic rings. The summed E-state index contributed by atoms with van der Waals surface area (Å²) in [5, 5.41) is 0. The minimum absolute atomic E-state index is 0.249. The number of nitrogens with zero attached hydrogens (tertiary/aromatic N) is 2. The molecule has 5 nitrogen and oxygen atoms in total. The van der Waals surface area contributed by atoms with Gasteiger partial charge in [0.25, 0.3) is 0 Å². The summed E-state index contributed by atoms with van der Waals surface area (Å²) in [5.41, 5.74) is 1.52. The molecule has 1 aromatic carbocycles. The first-order valence-corrected chi connectivity index (χ1v) is 9.12. The van der Waals surface area contributed by atoms with Crippen molar-refractivity contribution in [3.05, 3.63) is 23.8 Å². The first-order valence-electron chi connectivity index (χ1n) is 9.12. The maximum Gasteiger partial charge on any atom is 0.410 e. The molecule has 0 N–H and O–H groups in total. The molecule has 0 unspecified atom stereocenters. The van der Waals surface area contributed by atoms with E-state index in [0.29, 0.717) is 19.0 Å². The van der Waals surface area contributed by atoms with E-state index in [4.69, 9.17) is 9.47 Å². The van der Waals surface area contributed by atoms with Crippen LogP contribution in [0.4, 0.5) is 10.5 Å². The third-order valence-electron chi connectivity index (χ3n) is 3.96. The normalized spacial score (nSPS) is 14.7. The number of carbonyl (C=O) groups is 1. The Hall–Kier alpha value is -2.35. The first kappa shape index (κ1) is 20.0. The number of carbonyl (C=O) groups excluding carboxylic acids is 1. The smallest absolute Gasteiger partial charge is 0.410 e. The highest BCUT2D eigenvalue weighted by Crippen LogP contribution is 2.30. The molecular formula is C21H30N2O3. The fourth-order valence-electron chi connectivity index (χ4n) is 2.70. The van der Waals surface area contributed by atoms with Crippen molar-refractivity contribution < 1.29 is 14.3 Å². The van der Waals surface area contributed by atoms with E-state index in [9.17, 15) is 4.79 Å². The van der Waals surface area contributed by atoms with E-state index in [1.165, 1.54) is 0 Å². The third-order valence-corrected chi connectivity index (χ3v) is 3.96. The minimum Gasteiger partial charge on any atom is -0.495 e. The zero-order valence-corrected chi connectivity index (χ0v) is 16.8. The highest BCUT2D eigenvalue weighted by molar-refractivity contribution is 5.69. The number of amides is 1. The van der Waals surface area contributed by atoms with Crippen molar-refractivity contribution in [1.29, 1.82) is 0 Å². The van der Waals surface area contributed by atoms with Crippen LogP contribution in [-0.4, -0.2) is 49.9 Å². The molecule has 1 fully saturated rings. The summed E-state index contributed by atoms with van der Waals surface area (Å²) in [6.45, 7) is 12.5. The van der Waals surface area contributed by atoms with Crippen molar-refractivity contribution in [2.45, 2.75) is 40.2 Å². The fraction of sp³-hybridized carbons (Fsp3) is 0.571. The van der Waals surface area contributed by atoms with Crippen molar-refractivity contribution in [2.24, 2.45) is 5.92 Å². The second-order valence-corrected chi connectivity index (χ2v) is 7.77. The summed E-state index contributed by atoms with van der Waals surface area (Å²) in [5.74, 6) is 7.56. The lowest BCUT2D eigenvalue weighted by molar-refractivity contribution is 0.0240. The van der Waals surface area contributed by atoms with Gasteiger partial charge in [-0.15, -0.1) is 0 Å². The molecule has 5 heteroatoms. The predicted octanol–water partition coefficient (Wildman–Crippen LogP) is 3.76. The lowest BCUT2D eigenvalue weighted by Gasteiger charge is -2.37. The number of ether oxygens (including phenoxy) is 2. The predicted molar refractivity (Wildman–Crippen MR) is 105 cm³/mol. The maximum absolute atomic E-state index is 12.2. The molecule has 0 atom stereocenters. The van der Waals surface area contributed by atoms with Gasteiger partial charge in [-0.05, 0) is 39.0 Å². The van der Waals surface area contributed by atoms with Crippen LogP contribution in [0.5, 0.6) is 5.75 Å². The van der Waals surface area contributed by atoms with E-state index in [1.54, 1.807) is 12.0 Å². The Kier molecular flexibility index (Phi) is 6.42. The summed E-state index contributed by atoms with van der Waals surface area (Å²) in [7, 11) is 1.68. The van der Waals surface area contributed by atoms with Crippen LogP contribution in [0.15, 0.2) is 18.2 Å². The van der Waals surface area contributed by atoms with Gasteiger partial charge in [-0.25, -0.2) is 4.79 Å². The molecule has 0 saturated carbocycles. The van der Waals surface area contributed by atoms with Crippen molar-refractivity contribution in [3.63, 3.8) is 0 Å². The number of piperazine rings is 1. The quantitative estimate of drug-likeness (QED) is 0.755. The largest absolute Gasteiger partial charge is 0.495 e. The Morgan fingerprint density at radius 3 is 2.35 bits per heavy atom. The Bertz CT molecular complexity index is 687. The molecule has 142 valence electrons. The van der Waals surface area contributed by atoms with Crippen LogP contribution in [0, 0.1) is 17.8 Å². The van der Waals surface area contributed by atoms with Crippen molar-refractivity contribution in [2.75, 3.05) is 38.2 Å². The van der Waals surface area contributed by atoms with E-state index in [1.807, 2.05) is 32.9 Å². The second-order valence-electron chi connectivity index (χ2n) is 7.77. The van der Waals surface area contributed by atoms with Crippen LogP contribution in [-0.2, 0) is 4.74 Å². The number of hydrogen-bond donors (Lipinski definition) is 0. The number of hydrogen-bond acceptors (Lipinski definition) is 4. The van der Waals surface area contributed by atoms with Gasteiger partial charge in [0.2, 0.25) is 0 Å². The summed E-state index contributed by atoms with van der Waals surface area (Å²) in [6, 6.07) is 6.01. The maximum atomic E-state index is 12.2. The zero-order valence-electron chi connectivity index (χ0n) is 16.8. The third kappa shape index (κ3) is 5.59. The fourth-order valence-corrected chi connectivity index (χ4v) is 2.70. The molecule has 1 aliphatic heterocycles. The summed E-state index contributed by atoms with van der Waals surface area (Å²) in [6.07, 6.45) is -0.249. The summed E-state index contributed by atoms with van der Waals surface area (Å²) in [4.78, 5) is 16.2. The van der Waals surface area contributed by atoms with Crippen LogP contribution in [0.25, 0.3) is 0 Å². The van der Waals surface area contributed by atoms with Gasteiger partial charge in [0.1, 0.15) is 11.4 Å². The van der Waals surface area contributed by atoms with Gasteiger partial charge in [-0.2, -0.15) is 0 Å². The highest BCUT2D eigenvalue weighted by Gasteiger charge is 2.26. The first-order chi connectivity index (χ1) is 12.2. The van der Waals surface area contributed by atoms with Crippen LogP contribution in [0.1, 0.15) is 40.2 Å². The average Bonchev–Trinajstić information content (AvgIpc) is 2.58. The van der Waals surface area contributed by atoms with Gasteiger partial charge in [0, 0.05) is 37.7 Å². The van der Waals surface area contributed by atoms with Gasteiger partial charge in [0.15, 0.2) is 0 Å². The monoisotopic (exact) mass is 358 g/mol. The molecule has 26 heavy (non-hydrogen) atoms. The molecule has 0 spiro atoms. The topological polar surface area (TPSA) is 42.0 Å². The van der Waals surface area contributed by atoms with Crippen LogP contribution in [0.3, 0.4) is 0 Å². The molecule has 0 aliphatic carbocycles. The van der Waals surface area contributed by atoms with Crippen molar-refractivity contribution >= 4 is 11.8 Å². The van der Waals surface area contributed by atoms with Crippen LogP contribution < -0.4 is 9.64 Å². The Balaban J connectivity index is 2.09. The number of benzene rings is 1. The molecular weight excluding hydrogens is 328 g/mol. The standard InChI is InChI=1S/C21H30N2O3/c1-16(2)7-8-17-9-10-19(25-6)18(15-17)22-11-13-23(14-12-22)20(24)26-21(3,4)5/h9-10,15-16H,11-14H2,1-6H3. The molecule has 0 aromatic heterocycles. The van der Waals surface area contributed by atoms with E-state index >= 15 is 0 Å². The van der Waals surface area contributed by atoms with E-state index in [2.05, 4.69) is 36.7 Å². The van der Waals surface area contributed by atoms with E-state index in [-0.39, 0.29) is 6.09 Å². The van der Waals surface area contributed by atoms with Gasteiger partial charge in [-0.1, -0.05) is 25.7 Å².